The van der Waals surface area contributed by atoms with Crippen LogP contribution in [0.4, 0.5) is 0 Å². The average Bonchev–Trinajstić information content (AvgIpc) is 3.68. The third-order valence-electron chi connectivity index (χ3n) is 11.0. The molecule has 11 rings (SSSR count). The predicted octanol–water partition coefficient (Wildman–Crippen LogP) is 7.75. The zero-order valence-corrected chi connectivity index (χ0v) is 27.0. The number of aromatic carboxylic acids is 2. The van der Waals surface area contributed by atoms with Crippen LogP contribution in [0.2, 0.25) is 0 Å². The Morgan fingerprint density at radius 2 is 1.00 bits per heavy atom. The lowest BCUT2D eigenvalue weighted by molar-refractivity contribution is 0.0686. The molecule has 7 heteroatoms. The van der Waals surface area contributed by atoms with Crippen molar-refractivity contribution in [2.75, 3.05) is 0 Å². The van der Waals surface area contributed by atoms with Gasteiger partial charge in [0.15, 0.2) is 0 Å². The summed E-state index contributed by atoms with van der Waals surface area (Å²) in [6.07, 6.45) is 0. The van der Waals surface area contributed by atoms with Crippen molar-refractivity contribution in [3.63, 3.8) is 0 Å². The van der Waals surface area contributed by atoms with Crippen LogP contribution in [0.3, 0.4) is 0 Å². The molecule has 2 aliphatic heterocycles. The molecule has 0 aliphatic carbocycles. The summed E-state index contributed by atoms with van der Waals surface area (Å²) in [6.45, 7) is -0.0303. The van der Waals surface area contributed by atoms with Gasteiger partial charge in [-0.25, -0.2) is 9.59 Å². The van der Waals surface area contributed by atoms with Gasteiger partial charge < -0.3 is 19.3 Å². The smallest absolute Gasteiger partial charge is 0.335 e. The van der Waals surface area contributed by atoms with E-state index in [1.54, 1.807) is 24.3 Å². The molecule has 4 heterocycles. The number of hydrogen-bond donors (Lipinski definition) is 2. The van der Waals surface area contributed by atoms with Crippen LogP contribution in [0.25, 0.3) is 77.2 Å². The Labute approximate surface area is 291 Å². The Bertz CT molecular complexity index is 3030. The van der Waals surface area contributed by atoms with Crippen LogP contribution in [-0.4, -0.2) is 38.0 Å². The van der Waals surface area contributed by atoms with Gasteiger partial charge in [-0.2, -0.15) is 0 Å². The van der Waals surface area contributed by atoms with E-state index < -0.39 is 11.9 Å². The molecule has 2 aliphatic rings. The van der Waals surface area contributed by atoms with E-state index in [0.29, 0.717) is 0 Å². The standard InChI is InChI=1S/C44H25BN2O4/c48-43(49)26-15-11-24(12-16-26)28-19-20-37-32(21-28)31-6-3-7-34-41(31)47(37)39-10-4-9-38-40(39)45(34)35-23-29(25-13-17-27(18-14-25)44(50)51)22-33-30-5-1-2-8-36(30)46(38)42(33)35/h1-23H,(H,48,49)(H,50,51). The summed E-state index contributed by atoms with van der Waals surface area (Å²) in [4.78, 5) is 23.2. The van der Waals surface area contributed by atoms with E-state index >= 15 is 0 Å². The van der Waals surface area contributed by atoms with Crippen LogP contribution < -0.4 is 16.4 Å². The second kappa shape index (κ2) is 9.86. The molecule has 51 heavy (non-hydrogen) atoms. The maximum atomic E-state index is 11.7. The fourth-order valence-electron chi connectivity index (χ4n) is 8.84. The van der Waals surface area contributed by atoms with Gasteiger partial charge in [0.1, 0.15) is 0 Å². The number of carboxylic acid groups (broad SMARTS) is 2. The Hall–Kier alpha value is -6.86. The van der Waals surface area contributed by atoms with E-state index in [4.69, 9.17) is 0 Å². The molecule has 0 saturated carbocycles. The van der Waals surface area contributed by atoms with Crippen LogP contribution in [0.1, 0.15) is 20.7 Å². The number of hydrogen-bond acceptors (Lipinski definition) is 2. The predicted molar refractivity (Wildman–Crippen MR) is 205 cm³/mol. The van der Waals surface area contributed by atoms with Crippen molar-refractivity contribution in [3.8, 4) is 33.6 Å². The van der Waals surface area contributed by atoms with E-state index in [2.05, 4.69) is 100 Å². The van der Waals surface area contributed by atoms with Crippen molar-refractivity contribution in [3.05, 3.63) is 151 Å². The van der Waals surface area contributed by atoms with Crippen LogP contribution in [-0.2, 0) is 0 Å². The molecule has 0 radical (unpaired) electrons. The Morgan fingerprint density at radius 1 is 0.451 bits per heavy atom. The lowest BCUT2D eigenvalue weighted by Crippen LogP contribution is -2.59. The van der Waals surface area contributed by atoms with Crippen LogP contribution in [0.15, 0.2) is 140 Å². The number of para-hydroxylation sites is 2. The number of rotatable bonds is 4. The maximum Gasteiger partial charge on any atom is 0.335 e. The summed E-state index contributed by atoms with van der Waals surface area (Å²) in [6, 6.07) is 47.2. The highest BCUT2D eigenvalue weighted by Gasteiger charge is 2.40. The number of carboxylic acids is 2. The molecular formula is C44H25BN2O4. The van der Waals surface area contributed by atoms with Crippen molar-refractivity contribution in [1.29, 1.82) is 0 Å². The first-order valence-electron chi connectivity index (χ1n) is 16.9. The van der Waals surface area contributed by atoms with E-state index in [0.717, 1.165) is 44.4 Å². The van der Waals surface area contributed by atoms with Crippen LogP contribution in [0.5, 0.6) is 0 Å². The maximum absolute atomic E-state index is 11.7. The fourth-order valence-corrected chi connectivity index (χ4v) is 8.84. The Kier molecular flexibility index (Phi) is 5.42. The first-order chi connectivity index (χ1) is 25.0. The monoisotopic (exact) mass is 656 g/mol. The molecule has 0 saturated heterocycles. The summed E-state index contributed by atoms with van der Waals surface area (Å²) in [5.74, 6) is -1.87. The summed E-state index contributed by atoms with van der Waals surface area (Å²) in [5.41, 5.74) is 15.3. The molecule has 9 aromatic rings. The van der Waals surface area contributed by atoms with E-state index in [1.807, 2.05) is 24.3 Å². The zero-order valence-electron chi connectivity index (χ0n) is 27.0. The molecule has 2 N–H and O–H groups in total. The van der Waals surface area contributed by atoms with Crippen LogP contribution >= 0.6 is 0 Å². The molecule has 0 bridgehead atoms. The highest BCUT2D eigenvalue weighted by atomic mass is 16.4. The minimum Gasteiger partial charge on any atom is -0.478 e. The number of carbonyl (C=O) groups is 2. The average molecular weight is 657 g/mol. The molecule has 238 valence electrons. The summed E-state index contributed by atoms with van der Waals surface area (Å²) >= 11 is 0. The van der Waals surface area contributed by atoms with Crippen molar-refractivity contribution >= 4 is 78.7 Å². The van der Waals surface area contributed by atoms with E-state index in [1.165, 1.54) is 49.3 Å². The minimum atomic E-state index is -0.937. The molecule has 0 unspecified atom stereocenters. The van der Waals surface area contributed by atoms with Gasteiger partial charge in [0.2, 0.25) is 0 Å². The quantitative estimate of drug-likeness (QED) is 0.190. The second-order valence-corrected chi connectivity index (χ2v) is 13.5. The van der Waals surface area contributed by atoms with Crippen LogP contribution in [0, 0.1) is 0 Å². The molecular weight excluding hydrogens is 631 g/mol. The topological polar surface area (TPSA) is 84.5 Å². The number of aromatic nitrogens is 2. The van der Waals surface area contributed by atoms with Crippen molar-refractivity contribution in [2.24, 2.45) is 0 Å². The van der Waals surface area contributed by atoms with E-state index in [-0.39, 0.29) is 17.8 Å². The van der Waals surface area contributed by atoms with Gasteiger partial charge in [-0.15, -0.1) is 0 Å². The highest BCUT2D eigenvalue weighted by molar-refractivity contribution is 7.00. The molecule has 6 nitrogen and oxygen atoms in total. The van der Waals surface area contributed by atoms with Crippen molar-refractivity contribution in [2.45, 2.75) is 0 Å². The lowest BCUT2D eigenvalue weighted by Gasteiger charge is -2.33. The molecule has 0 atom stereocenters. The number of fused-ring (bicyclic) bond motifs is 10. The molecule has 0 amide bonds. The van der Waals surface area contributed by atoms with Gasteiger partial charge in [0.05, 0.1) is 22.2 Å². The first kappa shape index (κ1) is 28.0. The third-order valence-corrected chi connectivity index (χ3v) is 11.0. The number of benzene rings is 7. The third kappa shape index (κ3) is 3.67. The molecule has 7 aromatic carbocycles. The van der Waals surface area contributed by atoms with Gasteiger partial charge in [0.25, 0.3) is 6.71 Å². The lowest BCUT2D eigenvalue weighted by atomic mass is 9.34. The SMILES string of the molecule is O=C(O)c1ccc(-c2ccc3c(c2)c2cccc4c2n3-c2cccc3c2B4c2cc(-c4ccc(C(=O)O)cc4)cc4c5ccccc5n-3c24)cc1. The zero-order chi connectivity index (χ0) is 34.1. The van der Waals surface area contributed by atoms with Gasteiger partial charge in [-0.3, -0.25) is 0 Å². The summed E-state index contributed by atoms with van der Waals surface area (Å²) < 4.78 is 4.86. The highest BCUT2D eigenvalue weighted by Crippen LogP contribution is 2.40. The minimum absolute atomic E-state index is 0.0303. The first-order valence-corrected chi connectivity index (χ1v) is 16.9. The normalized spacial score (nSPS) is 12.6. The van der Waals surface area contributed by atoms with Gasteiger partial charge in [-0.05, 0) is 99.3 Å². The Morgan fingerprint density at radius 3 is 1.69 bits per heavy atom. The molecule has 2 aromatic heterocycles. The van der Waals surface area contributed by atoms with Gasteiger partial charge >= 0.3 is 11.9 Å². The van der Waals surface area contributed by atoms with Crippen molar-refractivity contribution < 1.29 is 19.8 Å². The van der Waals surface area contributed by atoms with Crippen molar-refractivity contribution in [1.82, 2.24) is 9.13 Å². The number of nitrogens with zero attached hydrogens (tertiary/aromatic N) is 2. The molecule has 0 spiro atoms. The molecule has 0 fully saturated rings. The fraction of sp³-hybridized carbons (Fsp3) is 0. The van der Waals surface area contributed by atoms with Gasteiger partial charge in [-0.1, -0.05) is 78.9 Å². The largest absolute Gasteiger partial charge is 0.478 e. The summed E-state index contributed by atoms with van der Waals surface area (Å²) in [5, 5.41) is 23.7. The van der Waals surface area contributed by atoms with Gasteiger partial charge in [0, 0.05) is 44.0 Å². The summed E-state index contributed by atoms with van der Waals surface area (Å²) in [7, 11) is 0. The second-order valence-electron chi connectivity index (χ2n) is 13.5. The Balaban J connectivity index is 1.22. The van der Waals surface area contributed by atoms with E-state index in [9.17, 15) is 19.8 Å².